The Bertz CT molecular complexity index is 469. The van der Waals surface area contributed by atoms with Crippen LogP contribution < -0.4 is 9.47 Å². The standard InChI is InChI=1S/C9H7F2NO3/c1-13-6-4-2-3-5-7(6)14-9(12-5)15-8(10)11/h2-4,8H,1H3. The molecule has 0 aliphatic rings. The van der Waals surface area contributed by atoms with Crippen molar-refractivity contribution in [2.24, 2.45) is 0 Å². The van der Waals surface area contributed by atoms with Crippen LogP contribution in [-0.2, 0) is 0 Å². The van der Waals surface area contributed by atoms with Gasteiger partial charge in [-0.2, -0.15) is 13.8 Å². The fraction of sp³-hybridized carbons (Fsp3) is 0.222. The highest BCUT2D eigenvalue weighted by Crippen LogP contribution is 2.29. The van der Waals surface area contributed by atoms with Crippen molar-refractivity contribution < 1.29 is 22.7 Å². The second-order valence-corrected chi connectivity index (χ2v) is 2.67. The molecule has 0 saturated carbocycles. The summed E-state index contributed by atoms with van der Waals surface area (Å²) in [4.78, 5) is 3.71. The third kappa shape index (κ3) is 1.83. The lowest BCUT2D eigenvalue weighted by molar-refractivity contribution is -0.0664. The van der Waals surface area contributed by atoms with Crippen molar-refractivity contribution in [1.82, 2.24) is 4.98 Å². The van der Waals surface area contributed by atoms with Crippen LogP contribution in [0.25, 0.3) is 11.1 Å². The van der Waals surface area contributed by atoms with Gasteiger partial charge in [0.1, 0.15) is 5.52 Å². The van der Waals surface area contributed by atoms with Gasteiger partial charge in [-0.1, -0.05) is 6.07 Å². The molecule has 1 aromatic heterocycles. The van der Waals surface area contributed by atoms with E-state index in [4.69, 9.17) is 9.15 Å². The molecule has 0 aliphatic carbocycles. The summed E-state index contributed by atoms with van der Waals surface area (Å²) in [6, 6.07) is 4.93. The largest absolute Gasteiger partial charge is 0.493 e. The predicted octanol–water partition coefficient (Wildman–Crippen LogP) is 2.44. The maximum atomic E-state index is 11.9. The quantitative estimate of drug-likeness (QED) is 0.788. The van der Waals surface area contributed by atoms with Crippen LogP contribution in [0.4, 0.5) is 8.78 Å². The molecular weight excluding hydrogens is 208 g/mol. The number of para-hydroxylation sites is 1. The number of rotatable bonds is 3. The minimum atomic E-state index is -2.95. The van der Waals surface area contributed by atoms with Crippen LogP contribution in [0.2, 0.25) is 0 Å². The van der Waals surface area contributed by atoms with Gasteiger partial charge in [0, 0.05) is 0 Å². The van der Waals surface area contributed by atoms with Gasteiger partial charge in [-0.15, -0.1) is 0 Å². The summed E-state index contributed by atoms with van der Waals surface area (Å²) >= 11 is 0. The van der Waals surface area contributed by atoms with Gasteiger partial charge in [-0.05, 0) is 12.1 Å². The Balaban J connectivity index is 2.45. The fourth-order valence-corrected chi connectivity index (χ4v) is 1.19. The third-order valence-corrected chi connectivity index (χ3v) is 1.77. The van der Waals surface area contributed by atoms with Crippen molar-refractivity contribution in [3.05, 3.63) is 18.2 Å². The van der Waals surface area contributed by atoms with Crippen molar-refractivity contribution in [3.63, 3.8) is 0 Å². The zero-order valence-electron chi connectivity index (χ0n) is 7.74. The lowest BCUT2D eigenvalue weighted by atomic mass is 10.3. The zero-order valence-corrected chi connectivity index (χ0v) is 7.74. The minimum Gasteiger partial charge on any atom is -0.493 e. The van der Waals surface area contributed by atoms with Crippen LogP contribution in [0.5, 0.6) is 11.8 Å². The predicted molar refractivity (Wildman–Crippen MR) is 47.2 cm³/mol. The maximum absolute atomic E-state index is 11.9. The summed E-state index contributed by atoms with van der Waals surface area (Å²) in [7, 11) is 1.45. The molecule has 0 amide bonds. The molecule has 0 saturated heterocycles. The lowest BCUT2D eigenvalue weighted by Crippen LogP contribution is -2.01. The second-order valence-electron chi connectivity index (χ2n) is 2.67. The van der Waals surface area contributed by atoms with E-state index in [0.717, 1.165) is 0 Å². The van der Waals surface area contributed by atoms with E-state index < -0.39 is 12.7 Å². The molecule has 0 aliphatic heterocycles. The Morgan fingerprint density at radius 1 is 1.40 bits per heavy atom. The van der Waals surface area contributed by atoms with Gasteiger partial charge in [-0.25, -0.2) is 0 Å². The molecule has 2 aromatic rings. The van der Waals surface area contributed by atoms with Crippen LogP contribution in [0.3, 0.4) is 0 Å². The molecule has 1 aromatic carbocycles. The zero-order chi connectivity index (χ0) is 10.8. The smallest absolute Gasteiger partial charge is 0.399 e. The first-order valence-corrected chi connectivity index (χ1v) is 4.09. The van der Waals surface area contributed by atoms with Crippen LogP contribution in [0.1, 0.15) is 0 Å². The molecule has 4 nitrogen and oxygen atoms in total. The highest BCUT2D eigenvalue weighted by molar-refractivity contribution is 5.79. The first-order chi connectivity index (χ1) is 7.20. The molecule has 80 valence electrons. The summed E-state index contributed by atoms with van der Waals surface area (Å²) < 4.78 is 37.7. The minimum absolute atomic E-state index is 0.288. The van der Waals surface area contributed by atoms with E-state index in [1.807, 2.05) is 0 Å². The summed E-state index contributed by atoms with van der Waals surface area (Å²) in [5, 5.41) is 0. The van der Waals surface area contributed by atoms with Crippen molar-refractivity contribution in [2.45, 2.75) is 6.61 Å². The molecule has 0 N–H and O–H groups in total. The monoisotopic (exact) mass is 215 g/mol. The molecule has 0 unspecified atom stereocenters. The van der Waals surface area contributed by atoms with Gasteiger partial charge in [0.25, 0.3) is 0 Å². The molecule has 15 heavy (non-hydrogen) atoms. The van der Waals surface area contributed by atoms with Crippen LogP contribution in [0, 0.1) is 0 Å². The number of alkyl halides is 2. The summed E-state index contributed by atoms with van der Waals surface area (Å²) in [5.41, 5.74) is 0.695. The number of benzene rings is 1. The number of nitrogens with zero attached hydrogens (tertiary/aromatic N) is 1. The average molecular weight is 215 g/mol. The van der Waals surface area contributed by atoms with Crippen molar-refractivity contribution in [2.75, 3.05) is 7.11 Å². The number of oxazole rings is 1. The summed E-state index contributed by atoms with van der Waals surface area (Å²) in [5.74, 6) is 0.420. The molecule has 0 radical (unpaired) electrons. The van der Waals surface area contributed by atoms with Crippen LogP contribution >= 0.6 is 0 Å². The first-order valence-electron chi connectivity index (χ1n) is 4.09. The number of ether oxygens (including phenoxy) is 2. The second kappa shape index (κ2) is 3.72. The normalized spacial score (nSPS) is 10.9. The van der Waals surface area contributed by atoms with Gasteiger partial charge >= 0.3 is 12.7 Å². The van der Waals surface area contributed by atoms with Crippen molar-refractivity contribution in [3.8, 4) is 11.8 Å². The number of fused-ring (bicyclic) bond motifs is 1. The molecule has 0 spiro atoms. The summed E-state index contributed by atoms with van der Waals surface area (Å²) in [6.07, 6.45) is -0.468. The summed E-state index contributed by atoms with van der Waals surface area (Å²) in [6.45, 7) is -2.95. The maximum Gasteiger partial charge on any atom is 0.399 e. The van der Waals surface area contributed by atoms with Gasteiger partial charge in [0.05, 0.1) is 7.11 Å². The molecule has 0 atom stereocenters. The molecule has 2 rings (SSSR count). The molecule has 6 heteroatoms. The number of hydrogen-bond donors (Lipinski definition) is 0. The van der Waals surface area contributed by atoms with E-state index in [1.54, 1.807) is 18.2 Å². The van der Waals surface area contributed by atoms with Gasteiger partial charge in [0.15, 0.2) is 11.3 Å². The molecule has 1 heterocycles. The van der Waals surface area contributed by atoms with Gasteiger partial charge in [0.2, 0.25) is 0 Å². The molecule has 0 bridgehead atoms. The Kier molecular flexibility index (Phi) is 2.40. The van der Waals surface area contributed by atoms with Crippen molar-refractivity contribution >= 4 is 11.1 Å². The molecular formula is C9H7F2NO3. The Morgan fingerprint density at radius 2 is 2.20 bits per heavy atom. The van der Waals surface area contributed by atoms with Crippen LogP contribution in [-0.4, -0.2) is 18.7 Å². The number of methoxy groups -OCH3 is 1. The molecule has 0 fully saturated rings. The Hall–Kier alpha value is -1.85. The van der Waals surface area contributed by atoms with Gasteiger partial charge in [-0.3, -0.25) is 0 Å². The number of halogens is 2. The van der Waals surface area contributed by atoms with Crippen molar-refractivity contribution in [1.29, 1.82) is 0 Å². The third-order valence-electron chi connectivity index (χ3n) is 1.77. The van der Waals surface area contributed by atoms with Gasteiger partial charge < -0.3 is 13.9 Å². The highest BCUT2D eigenvalue weighted by Gasteiger charge is 2.14. The lowest BCUT2D eigenvalue weighted by Gasteiger charge is -1.97. The van der Waals surface area contributed by atoms with E-state index in [9.17, 15) is 8.78 Å². The Morgan fingerprint density at radius 3 is 2.87 bits per heavy atom. The topological polar surface area (TPSA) is 44.5 Å². The van der Waals surface area contributed by atoms with E-state index in [1.165, 1.54) is 7.11 Å². The van der Waals surface area contributed by atoms with E-state index in [-0.39, 0.29) is 5.58 Å². The van der Waals surface area contributed by atoms with E-state index in [0.29, 0.717) is 11.3 Å². The average Bonchev–Trinajstić information content (AvgIpc) is 2.58. The SMILES string of the molecule is COc1cccc2nc(OC(F)F)oc12. The highest BCUT2D eigenvalue weighted by atomic mass is 19.3. The number of aromatic nitrogens is 1. The fourth-order valence-electron chi connectivity index (χ4n) is 1.19. The number of hydrogen-bond acceptors (Lipinski definition) is 4. The first kappa shape index (κ1) is 9.70. The Labute approximate surface area is 83.4 Å². The van der Waals surface area contributed by atoms with Crippen LogP contribution in [0.15, 0.2) is 22.6 Å². The van der Waals surface area contributed by atoms with E-state index >= 15 is 0 Å². The van der Waals surface area contributed by atoms with E-state index in [2.05, 4.69) is 9.72 Å².